The van der Waals surface area contributed by atoms with Gasteiger partial charge >= 0.3 is 0 Å². The molecular weight excluding hydrogens is 244 g/mol. The number of nitrogens with two attached hydrogens (primary N) is 1. The van der Waals surface area contributed by atoms with Crippen LogP contribution < -0.4 is 15.2 Å². The number of hydrogen-bond acceptors (Lipinski definition) is 5. The van der Waals surface area contributed by atoms with Gasteiger partial charge in [-0.15, -0.1) is 0 Å². The summed E-state index contributed by atoms with van der Waals surface area (Å²) in [6.45, 7) is 2.47. The molecule has 0 spiro atoms. The van der Waals surface area contributed by atoms with Gasteiger partial charge in [0.25, 0.3) is 0 Å². The first-order chi connectivity index (χ1) is 9.19. The molecule has 2 N–H and O–H groups in total. The second-order valence-corrected chi connectivity index (χ2v) is 4.19. The van der Waals surface area contributed by atoms with Gasteiger partial charge in [-0.05, 0) is 24.6 Å². The Hall–Kier alpha value is -2.01. The molecular formula is C14H18N2O3. The molecule has 5 nitrogen and oxygen atoms in total. The van der Waals surface area contributed by atoms with Crippen LogP contribution in [0.25, 0.3) is 11.3 Å². The van der Waals surface area contributed by atoms with Gasteiger partial charge in [0.2, 0.25) is 0 Å². The lowest BCUT2D eigenvalue weighted by Crippen LogP contribution is -2.02. The van der Waals surface area contributed by atoms with Gasteiger partial charge in [0.1, 0.15) is 23.5 Å². The standard InChI is InChI=1S/C14H18N2O3/c1-9-6-13(18-3)10(7-12(9)17-2)11-8-19-14(16-11)4-5-15/h6-8H,4-5,15H2,1-3H3. The molecule has 0 saturated carbocycles. The zero-order valence-corrected chi connectivity index (χ0v) is 11.4. The van der Waals surface area contributed by atoms with Gasteiger partial charge in [0, 0.05) is 18.5 Å². The summed E-state index contributed by atoms with van der Waals surface area (Å²) in [5.41, 5.74) is 8.06. The quantitative estimate of drug-likeness (QED) is 0.894. The van der Waals surface area contributed by atoms with Crippen molar-refractivity contribution in [3.63, 3.8) is 0 Å². The van der Waals surface area contributed by atoms with Crippen molar-refractivity contribution in [1.29, 1.82) is 0 Å². The Morgan fingerprint density at radius 3 is 2.58 bits per heavy atom. The van der Waals surface area contributed by atoms with E-state index in [9.17, 15) is 0 Å². The van der Waals surface area contributed by atoms with Crippen LogP contribution in [0.1, 0.15) is 11.5 Å². The Labute approximate surface area is 112 Å². The van der Waals surface area contributed by atoms with Gasteiger partial charge in [-0.1, -0.05) is 0 Å². The molecule has 0 bridgehead atoms. The third-order valence-corrected chi connectivity index (χ3v) is 2.90. The molecule has 0 atom stereocenters. The van der Waals surface area contributed by atoms with Crippen LogP contribution in [0.2, 0.25) is 0 Å². The van der Waals surface area contributed by atoms with E-state index in [0.29, 0.717) is 18.9 Å². The number of aryl methyl sites for hydroxylation is 1. The van der Waals surface area contributed by atoms with Crippen molar-refractivity contribution in [2.45, 2.75) is 13.3 Å². The minimum absolute atomic E-state index is 0.508. The maximum Gasteiger partial charge on any atom is 0.195 e. The second kappa shape index (κ2) is 5.75. The Morgan fingerprint density at radius 1 is 1.21 bits per heavy atom. The summed E-state index contributed by atoms with van der Waals surface area (Å²) in [4.78, 5) is 4.40. The van der Waals surface area contributed by atoms with E-state index in [1.807, 2.05) is 19.1 Å². The number of nitrogens with zero attached hydrogens (tertiary/aromatic N) is 1. The summed E-state index contributed by atoms with van der Waals surface area (Å²) in [7, 11) is 3.27. The van der Waals surface area contributed by atoms with Crippen molar-refractivity contribution in [3.05, 3.63) is 29.9 Å². The maximum atomic E-state index is 5.49. The molecule has 0 fully saturated rings. The Morgan fingerprint density at radius 2 is 1.95 bits per heavy atom. The van der Waals surface area contributed by atoms with E-state index in [1.54, 1.807) is 20.5 Å². The highest BCUT2D eigenvalue weighted by Crippen LogP contribution is 2.35. The van der Waals surface area contributed by atoms with E-state index >= 15 is 0 Å². The molecule has 0 aliphatic rings. The Bertz CT molecular complexity index is 564. The van der Waals surface area contributed by atoms with Gasteiger partial charge in [-0.3, -0.25) is 0 Å². The summed E-state index contributed by atoms with van der Waals surface area (Å²) in [6.07, 6.45) is 2.23. The minimum Gasteiger partial charge on any atom is -0.496 e. The molecule has 19 heavy (non-hydrogen) atoms. The van der Waals surface area contributed by atoms with Crippen molar-refractivity contribution in [2.75, 3.05) is 20.8 Å². The van der Waals surface area contributed by atoms with Crippen molar-refractivity contribution in [2.24, 2.45) is 5.73 Å². The number of benzene rings is 1. The molecule has 5 heteroatoms. The van der Waals surface area contributed by atoms with Gasteiger partial charge in [-0.2, -0.15) is 0 Å². The van der Waals surface area contributed by atoms with E-state index in [-0.39, 0.29) is 0 Å². The molecule has 0 aliphatic carbocycles. The number of hydrogen-bond donors (Lipinski definition) is 1. The Kier molecular flexibility index (Phi) is 4.06. The summed E-state index contributed by atoms with van der Waals surface area (Å²) in [5, 5.41) is 0. The number of methoxy groups -OCH3 is 2. The van der Waals surface area contributed by atoms with Gasteiger partial charge < -0.3 is 19.6 Å². The van der Waals surface area contributed by atoms with Crippen LogP contribution in [-0.2, 0) is 6.42 Å². The lowest BCUT2D eigenvalue weighted by atomic mass is 10.1. The van der Waals surface area contributed by atoms with Crippen LogP contribution in [0.3, 0.4) is 0 Å². The first-order valence-electron chi connectivity index (χ1n) is 6.07. The predicted molar refractivity (Wildman–Crippen MR) is 72.5 cm³/mol. The molecule has 102 valence electrons. The van der Waals surface area contributed by atoms with E-state index in [1.165, 1.54) is 0 Å². The van der Waals surface area contributed by atoms with Crippen LogP contribution in [-0.4, -0.2) is 25.7 Å². The van der Waals surface area contributed by atoms with E-state index < -0.39 is 0 Å². The average molecular weight is 262 g/mol. The fourth-order valence-electron chi connectivity index (χ4n) is 1.92. The smallest absolute Gasteiger partial charge is 0.195 e. The summed E-state index contributed by atoms with van der Waals surface area (Å²) < 4.78 is 16.1. The largest absolute Gasteiger partial charge is 0.496 e. The molecule has 0 aliphatic heterocycles. The zero-order chi connectivity index (χ0) is 13.8. The lowest BCUT2D eigenvalue weighted by molar-refractivity contribution is 0.401. The molecule has 0 radical (unpaired) electrons. The van der Waals surface area contributed by atoms with Crippen LogP contribution in [0.5, 0.6) is 11.5 Å². The topological polar surface area (TPSA) is 70.5 Å². The molecule has 1 heterocycles. The summed E-state index contributed by atoms with van der Waals surface area (Å²) in [5.74, 6) is 2.16. The normalized spacial score (nSPS) is 10.5. The van der Waals surface area contributed by atoms with Crippen LogP contribution in [0, 0.1) is 6.92 Å². The lowest BCUT2D eigenvalue weighted by Gasteiger charge is -2.11. The maximum absolute atomic E-state index is 5.49. The Balaban J connectivity index is 2.46. The molecule has 1 aromatic heterocycles. The molecule has 1 aromatic carbocycles. The first-order valence-corrected chi connectivity index (χ1v) is 6.07. The minimum atomic E-state index is 0.508. The van der Waals surface area contributed by atoms with Crippen LogP contribution in [0.4, 0.5) is 0 Å². The zero-order valence-electron chi connectivity index (χ0n) is 11.4. The molecule has 0 amide bonds. The fraction of sp³-hybridized carbons (Fsp3) is 0.357. The number of rotatable bonds is 5. The van der Waals surface area contributed by atoms with Crippen molar-refractivity contribution in [3.8, 4) is 22.8 Å². The van der Waals surface area contributed by atoms with E-state index in [0.717, 1.165) is 28.3 Å². The molecule has 2 rings (SSSR count). The third-order valence-electron chi connectivity index (χ3n) is 2.90. The van der Waals surface area contributed by atoms with Gasteiger partial charge in [-0.25, -0.2) is 4.98 Å². The summed E-state index contributed by atoms with van der Waals surface area (Å²) in [6, 6.07) is 3.82. The molecule has 2 aromatic rings. The van der Waals surface area contributed by atoms with E-state index in [4.69, 9.17) is 19.6 Å². The van der Waals surface area contributed by atoms with Crippen molar-refractivity contribution >= 4 is 0 Å². The second-order valence-electron chi connectivity index (χ2n) is 4.19. The van der Waals surface area contributed by atoms with E-state index in [2.05, 4.69) is 4.98 Å². The van der Waals surface area contributed by atoms with Gasteiger partial charge in [0.05, 0.1) is 14.2 Å². The SMILES string of the molecule is COc1cc(-c2coc(CCN)n2)c(OC)cc1C. The van der Waals surface area contributed by atoms with Crippen molar-refractivity contribution in [1.82, 2.24) is 4.98 Å². The predicted octanol–water partition coefficient (Wildman–Crippen LogP) is 2.17. The highest BCUT2D eigenvalue weighted by molar-refractivity contribution is 5.69. The number of ether oxygens (including phenoxy) is 2. The average Bonchev–Trinajstić information content (AvgIpc) is 2.87. The number of aromatic nitrogens is 1. The van der Waals surface area contributed by atoms with Crippen molar-refractivity contribution < 1.29 is 13.9 Å². The van der Waals surface area contributed by atoms with Gasteiger partial charge in [0.15, 0.2) is 5.89 Å². The summed E-state index contributed by atoms with van der Waals surface area (Å²) >= 11 is 0. The monoisotopic (exact) mass is 262 g/mol. The molecule has 0 unspecified atom stereocenters. The third kappa shape index (κ3) is 2.71. The molecule has 0 saturated heterocycles. The fourth-order valence-corrected chi connectivity index (χ4v) is 1.92. The van der Waals surface area contributed by atoms with Crippen LogP contribution in [0.15, 0.2) is 22.8 Å². The number of oxazole rings is 1. The highest BCUT2D eigenvalue weighted by atomic mass is 16.5. The van der Waals surface area contributed by atoms with Crippen LogP contribution >= 0.6 is 0 Å². The highest BCUT2D eigenvalue weighted by Gasteiger charge is 2.14. The first kappa shape index (κ1) is 13.4.